The lowest BCUT2D eigenvalue weighted by Gasteiger charge is -2.13. The van der Waals surface area contributed by atoms with Gasteiger partial charge < -0.3 is 14.8 Å². The second kappa shape index (κ2) is 8.01. The van der Waals surface area contributed by atoms with Crippen LogP contribution in [0.4, 0.5) is 0 Å². The predicted molar refractivity (Wildman–Crippen MR) is 86.4 cm³/mol. The van der Waals surface area contributed by atoms with Crippen LogP contribution in [0.15, 0.2) is 12.1 Å². The smallest absolute Gasteiger partial charge is 0.179 e. The van der Waals surface area contributed by atoms with E-state index in [4.69, 9.17) is 21.1 Å². The number of nitrogens with one attached hydrogen (secondary N) is 1. The molecule has 0 saturated carbocycles. The molecule has 2 rings (SSSR count). The molecule has 1 aliphatic rings. The average Bonchev–Trinajstić information content (AvgIpc) is 2.69. The summed E-state index contributed by atoms with van der Waals surface area (Å²) < 4.78 is 11.3. The summed E-state index contributed by atoms with van der Waals surface area (Å²) in [6.45, 7) is 5.41. The Morgan fingerprint density at radius 2 is 2.15 bits per heavy atom. The van der Waals surface area contributed by atoms with E-state index in [1.807, 2.05) is 23.9 Å². The van der Waals surface area contributed by atoms with Crippen molar-refractivity contribution in [3.63, 3.8) is 0 Å². The van der Waals surface area contributed by atoms with Gasteiger partial charge in [0.25, 0.3) is 0 Å². The molecule has 3 nitrogen and oxygen atoms in total. The molecule has 1 heterocycles. The maximum absolute atomic E-state index is 6.27. The van der Waals surface area contributed by atoms with Gasteiger partial charge in [-0.05, 0) is 36.9 Å². The van der Waals surface area contributed by atoms with Crippen LogP contribution in [0, 0.1) is 0 Å². The van der Waals surface area contributed by atoms with Crippen molar-refractivity contribution in [2.24, 2.45) is 0 Å². The van der Waals surface area contributed by atoms with Gasteiger partial charge in [0.05, 0.1) is 18.2 Å². The third-order valence-electron chi connectivity index (χ3n) is 3.32. The van der Waals surface area contributed by atoms with Gasteiger partial charge in [-0.3, -0.25) is 0 Å². The first kappa shape index (κ1) is 15.8. The quantitative estimate of drug-likeness (QED) is 0.810. The molecule has 1 unspecified atom stereocenters. The monoisotopic (exact) mass is 315 g/mol. The largest absolute Gasteiger partial charge is 0.489 e. The molecule has 1 N–H and O–H groups in total. The molecule has 0 aliphatic carbocycles. The van der Waals surface area contributed by atoms with E-state index in [2.05, 4.69) is 18.5 Å². The van der Waals surface area contributed by atoms with E-state index < -0.39 is 0 Å². The van der Waals surface area contributed by atoms with Crippen molar-refractivity contribution in [1.82, 2.24) is 5.32 Å². The number of hydrogen-bond donors (Lipinski definition) is 1. The van der Waals surface area contributed by atoms with E-state index in [1.165, 1.54) is 6.42 Å². The SMILES string of the molecule is CSC(C)CCNCc1cc(Cl)c2c(c1)OCCCO2. The summed E-state index contributed by atoms with van der Waals surface area (Å²) >= 11 is 8.17. The van der Waals surface area contributed by atoms with Crippen LogP contribution in [0.1, 0.15) is 25.3 Å². The highest BCUT2D eigenvalue weighted by atomic mass is 35.5. The van der Waals surface area contributed by atoms with E-state index in [1.54, 1.807) is 0 Å². The molecule has 0 bridgehead atoms. The zero-order valence-corrected chi connectivity index (χ0v) is 13.6. The molecule has 20 heavy (non-hydrogen) atoms. The van der Waals surface area contributed by atoms with Crippen molar-refractivity contribution < 1.29 is 9.47 Å². The van der Waals surface area contributed by atoms with E-state index in [0.717, 1.165) is 30.8 Å². The Morgan fingerprint density at radius 1 is 1.35 bits per heavy atom. The van der Waals surface area contributed by atoms with Gasteiger partial charge in [-0.25, -0.2) is 0 Å². The highest BCUT2D eigenvalue weighted by Gasteiger charge is 2.15. The highest BCUT2D eigenvalue weighted by molar-refractivity contribution is 7.99. The minimum Gasteiger partial charge on any atom is -0.489 e. The number of hydrogen-bond acceptors (Lipinski definition) is 4. The van der Waals surface area contributed by atoms with Crippen LogP contribution in [0.2, 0.25) is 5.02 Å². The Kier molecular flexibility index (Phi) is 6.33. The minimum atomic E-state index is 0.638. The van der Waals surface area contributed by atoms with Gasteiger partial charge in [-0.15, -0.1) is 0 Å². The number of thioether (sulfide) groups is 1. The van der Waals surface area contributed by atoms with Gasteiger partial charge >= 0.3 is 0 Å². The summed E-state index contributed by atoms with van der Waals surface area (Å²) in [6.07, 6.45) is 4.21. The molecule has 0 saturated heterocycles. The third-order valence-corrected chi connectivity index (χ3v) is 4.64. The van der Waals surface area contributed by atoms with Crippen LogP contribution in [0.5, 0.6) is 11.5 Å². The fourth-order valence-electron chi connectivity index (χ4n) is 2.04. The van der Waals surface area contributed by atoms with E-state index in [9.17, 15) is 0 Å². The number of fused-ring (bicyclic) bond motifs is 1. The van der Waals surface area contributed by atoms with Gasteiger partial charge in [0.15, 0.2) is 11.5 Å². The van der Waals surface area contributed by atoms with Crippen LogP contribution in [0.25, 0.3) is 0 Å². The summed E-state index contributed by atoms with van der Waals surface area (Å²) in [5.74, 6) is 1.45. The van der Waals surface area contributed by atoms with Crippen molar-refractivity contribution in [1.29, 1.82) is 0 Å². The van der Waals surface area contributed by atoms with Crippen molar-refractivity contribution in [2.45, 2.75) is 31.6 Å². The summed E-state index contributed by atoms with van der Waals surface area (Å²) in [7, 11) is 0. The van der Waals surface area contributed by atoms with Crippen molar-refractivity contribution in [3.05, 3.63) is 22.7 Å². The first-order valence-electron chi connectivity index (χ1n) is 7.02. The third kappa shape index (κ3) is 4.47. The van der Waals surface area contributed by atoms with Gasteiger partial charge in [-0.1, -0.05) is 18.5 Å². The number of ether oxygens (including phenoxy) is 2. The van der Waals surface area contributed by atoms with Gasteiger partial charge in [-0.2, -0.15) is 11.8 Å². The average molecular weight is 316 g/mol. The molecular formula is C15H22ClNO2S. The van der Waals surface area contributed by atoms with Gasteiger partial charge in [0, 0.05) is 18.2 Å². The lowest BCUT2D eigenvalue weighted by Crippen LogP contribution is -2.17. The maximum Gasteiger partial charge on any atom is 0.179 e. The molecule has 1 aromatic rings. The first-order valence-corrected chi connectivity index (χ1v) is 8.69. The summed E-state index contributed by atoms with van der Waals surface area (Å²) in [6, 6.07) is 3.98. The van der Waals surface area contributed by atoms with Gasteiger partial charge in [0.2, 0.25) is 0 Å². The van der Waals surface area contributed by atoms with E-state index >= 15 is 0 Å². The van der Waals surface area contributed by atoms with Crippen LogP contribution in [-0.4, -0.2) is 31.3 Å². The molecular weight excluding hydrogens is 294 g/mol. The molecule has 5 heteroatoms. The number of benzene rings is 1. The fourth-order valence-corrected chi connectivity index (χ4v) is 2.68. The normalized spacial score (nSPS) is 15.8. The molecule has 1 atom stereocenters. The van der Waals surface area contributed by atoms with Crippen LogP contribution in [-0.2, 0) is 6.54 Å². The van der Waals surface area contributed by atoms with Gasteiger partial charge in [0.1, 0.15) is 0 Å². The van der Waals surface area contributed by atoms with Crippen molar-refractivity contribution >= 4 is 23.4 Å². The fraction of sp³-hybridized carbons (Fsp3) is 0.600. The first-order chi connectivity index (χ1) is 9.70. The molecule has 0 spiro atoms. The standard InChI is InChI=1S/C15H22ClNO2S/c1-11(20-2)4-5-17-10-12-8-13(16)15-14(9-12)18-6-3-7-19-15/h8-9,11,17H,3-7,10H2,1-2H3. The zero-order chi connectivity index (χ0) is 14.4. The van der Waals surface area contributed by atoms with Crippen LogP contribution >= 0.6 is 23.4 Å². The number of rotatable bonds is 6. The summed E-state index contributed by atoms with van der Waals surface area (Å²) in [5.41, 5.74) is 1.14. The summed E-state index contributed by atoms with van der Waals surface area (Å²) in [4.78, 5) is 0. The molecule has 0 amide bonds. The van der Waals surface area contributed by atoms with Crippen molar-refractivity contribution in [3.8, 4) is 11.5 Å². The Balaban J connectivity index is 1.92. The van der Waals surface area contributed by atoms with Crippen LogP contribution in [0.3, 0.4) is 0 Å². The van der Waals surface area contributed by atoms with Crippen LogP contribution < -0.4 is 14.8 Å². The Morgan fingerprint density at radius 3 is 2.95 bits per heavy atom. The molecule has 1 aliphatic heterocycles. The summed E-state index contributed by atoms with van der Waals surface area (Å²) in [5, 5.41) is 4.78. The molecule has 0 aromatic heterocycles. The Bertz CT molecular complexity index is 442. The van der Waals surface area contributed by atoms with E-state index in [-0.39, 0.29) is 0 Å². The molecule has 0 radical (unpaired) electrons. The Hall–Kier alpha value is -0.580. The minimum absolute atomic E-state index is 0.638. The molecule has 1 aromatic carbocycles. The second-order valence-corrected chi connectivity index (χ2v) is 6.65. The highest BCUT2D eigenvalue weighted by Crippen LogP contribution is 2.37. The lowest BCUT2D eigenvalue weighted by atomic mass is 10.2. The van der Waals surface area contributed by atoms with E-state index in [0.29, 0.717) is 29.2 Å². The Labute approximate surface area is 130 Å². The molecule has 0 fully saturated rings. The number of halogens is 1. The second-order valence-electron chi connectivity index (χ2n) is 4.97. The topological polar surface area (TPSA) is 30.5 Å². The van der Waals surface area contributed by atoms with Crippen molar-refractivity contribution in [2.75, 3.05) is 26.0 Å². The predicted octanol–water partition coefficient (Wildman–Crippen LogP) is 3.73. The maximum atomic E-state index is 6.27. The zero-order valence-electron chi connectivity index (χ0n) is 12.1. The molecule has 112 valence electrons. The lowest BCUT2D eigenvalue weighted by molar-refractivity contribution is 0.297.